The van der Waals surface area contributed by atoms with Crippen molar-refractivity contribution in [3.63, 3.8) is 0 Å². The van der Waals surface area contributed by atoms with E-state index in [0.29, 0.717) is 5.82 Å². The molecule has 2 heterocycles. The summed E-state index contributed by atoms with van der Waals surface area (Å²) < 4.78 is 6.83. The van der Waals surface area contributed by atoms with Gasteiger partial charge >= 0.3 is 0 Å². The zero-order valence-corrected chi connectivity index (χ0v) is 12.5. The number of nitrogens with two attached hydrogens (primary N) is 1. The topological polar surface area (TPSA) is 61.0 Å². The number of ether oxygens (including phenoxy) is 1. The third-order valence-corrected chi connectivity index (χ3v) is 4.40. The van der Waals surface area contributed by atoms with E-state index in [1.54, 1.807) is 0 Å². The van der Waals surface area contributed by atoms with Gasteiger partial charge < -0.3 is 10.5 Å². The van der Waals surface area contributed by atoms with Crippen molar-refractivity contribution in [1.29, 1.82) is 0 Å². The van der Waals surface area contributed by atoms with Gasteiger partial charge in [-0.3, -0.25) is 0 Å². The second kappa shape index (κ2) is 5.06. The molecule has 0 bridgehead atoms. The summed E-state index contributed by atoms with van der Waals surface area (Å²) in [5.74, 6) is 1.31. The highest BCUT2D eigenvalue weighted by Crippen LogP contribution is 2.33. The van der Waals surface area contributed by atoms with Gasteiger partial charge in [0.1, 0.15) is 11.4 Å². The maximum Gasteiger partial charge on any atom is 0.162 e. The van der Waals surface area contributed by atoms with Crippen LogP contribution in [0.15, 0.2) is 0 Å². The van der Waals surface area contributed by atoms with Crippen molar-refractivity contribution >= 4 is 28.4 Å². The monoisotopic (exact) mass is 347 g/mol. The third kappa shape index (κ3) is 2.54. The Morgan fingerprint density at radius 2 is 2.18 bits per heavy atom. The molecule has 1 fully saturated rings. The molecule has 0 amide bonds. The molecule has 94 valence electrons. The molecule has 1 unspecified atom stereocenters. The van der Waals surface area contributed by atoms with E-state index in [1.165, 1.54) is 0 Å². The highest BCUT2D eigenvalue weighted by atomic mass is 127. The molecular weight excluding hydrogens is 329 g/mol. The second-order valence-electron chi connectivity index (χ2n) is 4.58. The lowest BCUT2D eigenvalue weighted by atomic mass is 9.95. The molecule has 2 N–H and O–H groups in total. The Labute approximate surface area is 115 Å². The number of aryl methyl sites for hydroxylation is 1. The van der Waals surface area contributed by atoms with E-state index in [4.69, 9.17) is 10.5 Å². The molecule has 2 rings (SSSR count). The van der Waals surface area contributed by atoms with E-state index in [9.17, 15) is 0 Å². The molecule has 17 heavy (non-hydrogen) atoms. The van der Waals surface area contributed by atoms with E-state index >= 15 is 0 Å². The molecule has 0 radical (unpaired) electrons. The Balaban J connectivity index is 2.41. The molecule has 1 aliphatic rings. The molecule has 0 spiro atoms. The van der Waals surface area contributed by atoms with E-state index in [-0.39, 0.29) is 5.60 Å². The van der Waals surface area contributed by atoms with Crippen molar-refractivity contribution in [2.45, 2.75) is 45.1 Å². The second-order valence-corrected chi connectivity index (χ2v) is 5.66. The van der Waals surface area contributed by atoms with E-state index < -0.39 is 0 Å². The van der Waals surface area contributed by atoms with Crippen LogP contribution in [0.4, 0.5) is 5.82 Å². The molecular formula is C12H18IN3O. The van der Waals surface area contributed by atoms with Gasteiger partial charge in [0.15, 0.2) is 5.82 Å². The number of nitrogen functional groups attached to an aromatic ring is 1. The summed E-state index contributed by atoms with van der Waals surface area (Å²) in [5, 5.41) is 0. The summed E-state index contributed by atoms with van der Waals surface area (Å²) in [4.78, 5) is 9.03. The highest BCUT2D eigenvalue weighted by Gasteiger charge is 2.33. The van der Waals surface area contributed by atoms with Crippen LogP contribution in [0.1, 0.15) is 44.6 Å². The normalized spacial score (nSPS) is 24.9. The molecule has 0 saturated carbocycles. The molecule has 1 aromatic rings. The molecule has 1 aromatic heterocycles. The van der Waals surface area contributed by atoms with E-state index in [1.807, 2.05) is 0 Å². The van der Waals surface area contributed by atoms with Crippen LogP contribution in [-0.4, -0.2) is 16.6 Å². The van der Waals surface area contributed by atoms with Gasteiger partial charge in [-0.1, -0.05) is 6.92 Å². The van der Waals surface area contributed by atoms with Crippen molar-refractivity contribution in [3.8, 4) is 0 Å². The number of hydrogen-bond acceptors (Lipinski definition) is 4. The molecule has 5 heteroatoms. The van der Waals surface area contributed by atoms with E-state index in [2.05, 4.69) is 46.4 Å². The lowest BCUT2D eigenvalue weighted by Crippen LogP contribution is -2.33. The summed E-state index contributed by atoms with van der Waals surface area (Å²) in [6.45, 7) is 4.93. The first-order chi connectivity index (χ1) is 8.07. The first kappa shape index (κ1) is 13.0. The fourth-order valence-electron chi connectivity index (χ4n) is 2.09. The summed E-state index contributed by atoms with van der Waals surface area (Å²) in [7, 11) is 0. The molecule has 4 nitrogen and oxygen atoms in total. The maximum atomic E-state index is 5.95. The number of aromatic nitrogens is 2. The smallest absolute Gasteiger partial charge is 0.162 e. The third-order valence-electron chi connectivity index (χ3n) is 3.22. The van der Waals surface area contributed by atoms with E-state index in [0.717, 1.165) is 47.4 Å². The van der Waals surface area contributed by atoms with Crippen molar-refractivity contribution < 1.29 is 4.74 Å². The zero-order chi connectivity index (χ0) is 12.5. The van der Waals surface area contributed by atoms with Gasteiger partial charge in [-0.15, -0.1) is 0 Å². The van der Waals surface area contributed by atoms with Crippen LogP contribution in [0.5, 0.6) is 0 Å². The van der Waals surface area contributed by atoms with Crippen LogP contribution < -0.4 is 5.73 Å². The van der Waals surface area contributed by atoms with Gasteiger partial charge in [-0.2, -0.15) is 0 Å². The maximum absolute atomic E-state index is 5.95. The summed E-state index contributed by atoms with van der Waals surface area (Å²) in [6.07, 6.45) is 4.12. The van der Waals surface area contributed by atoms with Crippen molar-refractivity contribution in [3.05, 3.63) is 15.1 Å². The lowest BCUT2D eigenvalue weighted by Gasteiger charge is -2.32. The minimum atomic E-state index is -0.360. The van der Waals surface area contributed by atoms with Crippen LogP contribution in [0.25, 0.3) is 0 Å². The number of anilines is 1. The number of halogens is 1. The van der Waals surface area contributed by atoms with Crippen molar-refractivity contribution in [1.82, 2.24) is 9.97 Å². The summed E-state index contributed by atoms with van der Waals surface area (Å²) in [6, 6.07) is 0. The van der Waals surface area contributed by atoms with Gasteiger partial charge in [0.25, 0.3) is 0 Å². The average molecular weight is 347 g/mol. The molecule has 0 aromatic carbocycles. The van der Waals surface area contributed by atoms with Gasteiger partial charge in [0.2, 0.25) is 0 Å². The van der Waals surface area contributed by atoms with Gasteiger partial charge in [0, 0.05) is 6.61 Å². The van der Waals surface area contributed by atoms with Crippen LogP contribution >= 0.6 is 22.6 Å². The van der Waals surface area contributed by atoms with Gasteiger partial charge in [-0.25, -0.2) is 9.97 Å². The van der Waals surface area contributed by atoms with Crippen LogP contribution in [0.2, 0.25) is 0 Å². The van der Waals surface area contributed by atoms with Gasteiger partial charge in [-0.05, 0) is 55.2 Å². The quantitative estimate of drug-likeness (QED) is 0.836. The molecule has 1 aliphatic heterocycles. The zero-order valence-electron chi connectivity index (χ0n) is 10.3. The molecule has 1 atom stereocenters. The Kier molecular flexibility index (Phi) is 3.87. The van der Waals surface area contributed by atoms with Crippen molar-refractivity contribution in [2.75, 3.05) is 12.3 Å². The minimum absolute atomic E-state index is 0.360. The lowest BCUT2D eigenvalue weighted by molar-refractivity contribution is -0.0761. The highest BCUT2D eigenvalue weighted by molar-refractivity contribution is 14.1. The molecule has 0 aliphatic carbocycles. The number of nitrogens with zero attached hydrogens (tertiary/aromatic N) is 2. The van der Waals surface area contributed by atoms with Crippen LogP contribution in [0, 0.1) is 3.57 Å². The fourth-order valence-corrected chi connectivity index (χ4v) is 2.72. The Hall–Kier alpha value is -0.430. The fraction of sp³-hybridized carbons (Fsp3) is 0.667. The largest absolute Gasteiger partial charge is 0.383 e. The standard InChI is InChI=1S/C12H18IN3O/c1-3-8-9(13)10(14)16-11(15-8)12(2)6-4-5-7-17-12/h3-7H2,1-2H3,(H2,14,15,16). The van der Waals surface area contributed by atoms with Crippen LogP contribution in [0.3, 0.4) is 0 Å². The predicted molar refractivity (Wildman–Crippen MR) is 75.7 cm³/mol. The predicted octanol–water partition coefficient (Wildman–Crippen LogP) is 2.64. The Morgan fingerprint density at radius 3 is 2.76 bits per heavy atom. The Bertz CT molecular complexity index is 416. The Morgan fingerprint density at radius 1 is 1.41 bits per heavy atom. The number of rotatable bonds is 2. The minimum Gasteiger partial charge on any atom is -0.383 e. The number of hydrogen-bond donors (Lipinski definition) is 1. The first-order valence-electron chi connectivity index (χ1n) is 6.03. The van der Waals surface area contributed by atoms with Crippen molar-refractivity contribution in [2.24, 2.45) is 0 Å². The molecule has 1 saturated heterocycles. The summed E-state index contributed by atoms with van der Waals surface area (Å²) in [5.41, 5.74) is 6.61. The summed E-state index contributed by atoms with van der Waals surface area (Å²) >= 11 is 2.21. The van der Waals surface area contributed by atoms with Crippen LogP contribution in [-0.2, 0) is 16.8 Å². The first-order valence-corrected chi connectivity index (χ1v) is 7.11. The SMILES string of the molecule is CCc1nc(C2(C)CCCCO2)nc(N)c1I. The van der Waals surface area contributed by atoms with Gasteiger partial charge in [0.05, 0.1) is 9.26 Å². The average Bonchev–Trinajstić information content (AvgIpc) is 2.33.